The smallest absolute Gasteiger partial charge is 0.0991 e. The van der Waals surface area contributed by atoms with Crippen LogP contribution >= 0.6 is 0 Å². The monoisotopic (exact) mass is 400 g/mol. The molecule has 0 saturated heterocycles. The number of nitriles is 1. The Kier molecular flexibility index (Phi) is 6.05. The van der Waals surface area contributed by atoms with Gasteiger partial charge in [-0.1, -0.05) is 73.3 Å². The lowest BCUT2D eigenvalue weighted by molar-refractivity contribution is 0.952. The van der Waals surface area contributed by atoms with E-state index >= 15 is 0 Å². The fraction of sp³-hybridized carbons (Fsp3) is 0.103. The third-order valence-electron chi connectivity index (χ3n) is 5.68. The second kappa shape index (κ2) is 9.24. The van der Waals surface area contributed by atoms with E-state index in [-0.39, 0.29) is 0 Å². The van der Waals surface area contributed by atoms with Crippen molar-refractivity contribution in [2.75, 3.05) is 0 Å². The SMILES string of the molecule is C=Cc1cnc(-c2cccc(-c3ccccc3)c2C)cc1CCc1cccc(C#N)c1. The summed E-state index contributed by atoms with van der Waals surface area (Å²) < 4.78 is 0. The molecular formula is C29H24N2. The number of aromatic nitrogens is 1. The van der Waals surface area contributed by atoms with Crippen LogP contribution in [0.2, 0.25) is 0 Å². The van der Waals surface area contributed by atoms with E-state index in [9.17, 15) is 0 Å². The first-order valence-corrected chi connectivity index (χ1v) is 10.5. The van der Waals surface area contributed by atoms with Crippen LogP contribution in [0.25, 0.3) is 28.5 Å². The fourth-order valence-electron chi connectivity index (χ4n) is 3.97. The summed E-state index contributed by atoms with van der Waals surface area (Å²) in [6.07, 6.45) is 5.51. The molecule has 31 heavy (non-hydrogen) atoms. The third kappa shape index (κ3) is 4.47. The Morgan fingerprint density at radius 1 is 0.903 bits per heavy atom. The maximum atomic E-state index is 9.15. The Hall–Kier alpha value is -3.96. The molecule has 4 rings (SSSR count). The van der Waals surface area contributed by atoms with Gasteiger partial charge in [0.15, 0.2) is 0 Å². The minimum absolute atomic E-state index is 0.699. The zero-order valence-corrected chi connectivity index (χ0v) is 17.7. The first-order valence-electron chi connectivity index (χ1n) is 10.5. The highest BCUT2D eigenvalue weighted by Crippen LogP contribution is 2.31. The quantitative estimate of drug-likeness (QED) is 0.348. The number of rotatable bonds is 6. The number of pyridine rings is 1. The van der Waals surface area contributed by atoms with Crippen molar-refractivity contribution in [2.45, 2.75) is 19.8 Å². The molecule has 0 spiro atoms. The van der Waals surface area contributed by atoms with Crippen molar-refractivity contribution in [3.63, 3.8) is 0 Å². The predicted molar refractivity (Wildman–Crippen MR) is 129 cm³/mol. The van der Waals surface area contributed by atoms with Gasteiger partial charge in [-0.3, -0.25) is 4.98 Å². The van der Waals surface area contributed by atoms with Gasteiger partial charge in [0, 0.05) is 11.8 Å². The highest BCUT2D eigenvalue weighted by Gasteiger charge is 2.11. The summed E-state index contributed by atoms with van der Waals surface area (Å²) >= 11 is 0. The minimum atomic E-state index is 0.699. The first-order chi connectivity index (χ1) is 15.2. The molecule has 0 aliphatic carbocycles. The van der Waals surface area contributed by atoms with E-state index in [0.29, 0.717) is 5.56 Å². The molecule has 0 N–H and O–H groups in total. The second-order valence-electron chi connectivity index (χ2n) is 7.63. The van der Waals surface area contributed by atoms with E-state index in [1.54, 1.807) is 0 Å². The van der Waals surface area contributed by atoms with Crippen LogP contribution in [0.1, 0.15) is 27.8 Å². The summed E-state index contributed by atoms with van der Waals surface area (Å²) in [4.78, 5) is 4.74. The van der Waals surface area contributed by atoms with Crippen LogP contribution in [0.4, 0.5) is 0 Å². The van der Waals surface area contributed by atoms with Crippen LogP contribution in [0.3, 0.4) is 0 Å². The molecule has 0 saturated carbocycles. The van der Waals surface area contributed by atoms with Gasteiger partial charge in [0.1, 0.15) is 0 Å². The maximum absolute atomic E-state index is 9.15. The normalized spacial score (nSPS) is 10.5. The number of nitrogens with zero attached hydrogens (tertiary/aromatic N) is 2. The van der Waals surface area contributed by atoms with Crippen molar-refractivity contribution in [3.8, 4) is 28.5 Å². The zero-order chi connectivity index (χ0) is 21.6. The minimum Gasteiger partial charge on any atom is -0.256 e. The molecular weight excluding hydrogens is 376 g/mol. The number of benzene rings is 3. The zero-order valence-electron chi connectivity index (χ0n) is 17.7. The average Bonchev–Trinajstić information content (AvgIpc) is 2.83. The highest BCUT2D eigenvalue weighted by molar-refractivity contribution is 5.77. The molecule has 1 aromatic heterocycles. The summed E-state index contributed by atoms with van der Waals surface area (Å²) in [5.41, 5.74) is 9.90. The topological polar surface area (TPSA) is 36.7 Å². The van der Waals surface area contributed by atoms with Crippen LogP contribution < -0.4 is 0 Å². The number of hydrogen-bond donors (Lipinski definition) is 0. The Morgan fingerprint density at radius 2 is 1.68 bits per heavy atom. The Bertz CT molecular complexity index is 1260. The van der Waals surface area contributed by atoms with Gasteiger partial charge in [0.25, 0.3) is 0 Å². The van der Waals surface area contributed by atoms with Gasteiger partial charge in [-0.2, -0.15) is 5.26 Å². The molecule has 0 atom stereocenters. The van der Waals surface area contributed by atoms with Crippen molar-refractivity contribution < 1.29 is 0 Å². The summed E-state index contributed by atoms with van der Waals surface area (Å²) in [5, 5.41) is 9.15. The van der Waals surface area contributed by atoms with Gasteiger partial charge < -0.3 is 0 Å². The molecule has 150 valence electrons. The Labute approximate surface area is 184 Å². The van der Waals surface area contributed by atoms with E-state index in [2.05, 4.69) is 74.2 Å². The van der Waals surface area contributed by atoms with Gasteiger partial charge in [0.2, 0.25) is 0 Å². The van der Waals surface area contributed by atoms with Crippen LogP contribution in [0, 0.1) is 18.3 Å². The first kappa shape index (κ1) is 20.3. The predicted octanol–water partition coefficient (Wildman–Crippen LogP) is 7.02. The van der Waals surface area contributed by atoms with Gasteiger partial charge in [-0.05, 0) is 71.3 Å². The fourth-order valence-corrected chi connectivity index (χ4v) is 3.97. The molecule has 0 bridgehead atoms. The molecule has 0 fully saturated rings. The Morgan fingerprint density at radius 3 is 2.45 bits per heavy atom. The standard InChI is InChI=1S/C29H24N2/c1-3-24-20-31-29(18-26(24)16-15-22-9-7-10-23(17-22)19-30)28-14-8-13-27(21(28)2)25-11-5-4-6-12-25/h3-14,17-18,20H,1,15-16H2,2H3. The largest absolute Gasteiger partial charge is 0.256 e. The van der Waals surface area contributed by atoms with Crippen LogP contribution in [0.15, 0.2) is 91.6 Å². The second-order valence-corrected chi connectivity index (χ2v) is 7.63. The van der Waals surface area contributed by atoms with Gasteiger partial charge in [-0.15, -0.1) is 0 Å². The average molecular weight is 401 g/mol. The molecule has 0 radical (unpaired) electrons. The van der Waals surface area contributed by atoms with Crippen molar-refractivity contribution in [3.05, 3.63) is 119 Å². The maximum Gasteiger partial charge on any atom is 0.0991 e. The summed E-state index contributed by atoms with van der Waals surface area (Å²) in [6.45, 7) is 6.13. The molecule has 0 amide bonds. The van der Waals surface area contributed by atoms with Crippen molar-refractivity contribution in [2.24, 2.45) is 0 Å². The van der Waals surface area contributed by atoms with Crippen LogP contribution in [-0.4, -0.2) is 4.98 Å². The van der Waals surface area contributed by atoms with E-state index in [4.69, 9.17) is 10.2 Å². The van der Waals surface area contributed by atoms with Crippen LogP contribution in [-0.2, 0) is 12.8 Å². The summed E-state index contributed by atoms with van der Waals surface area (Å²) in [6, 6.07) is 29.1. The molecule has 2 nitrogen and oxygen atoms in total. The van der Waals surface area contributed by atoms with Crippen LogP contribution in [0.5, 0.6) is 0 Å². The van der Waals surface area contributed by atoms with Crippen molar-refractivity contribution in [1.29, 1.82) is 5.26 Å². The van der Waals surface area contributed by atoms with Gasteiger partial charge >= 0.3 is 0 Å². The molecule has 0 aliphatic heterocycles. The van der Waals surface area contributed by atoms with E-state index in [0.717, 1.165) is 35.2 Å². The molecule has 2 heteroatoms. The number of hydrogen-bond acceptors (Lipinski definition) is 2. The molecule has 1 heterocycles. The van der Waals surface area contributed by atoms with E-state index in [1.165, 1.54) is 22.3 Å². The lowest BCUT2D eigenvalue weighted by Gasteiger charge is -2.14. The third-order valence-corrected chi connectivity index (χ3v) is 5.68. The molecule has 0 aliphatic rings. The van der Waals surface area contributed by atoms with E-state index < -0.39 is 0 Å². The van der Waals surface area contributed by atoms with Crippen molar-refractivity contribution in [1.82, 2.24) is 4.98 Å². The highest BCUT2D eigenvalue weighted by atomic mass is 14.7. The molecule has 3 aromatic carbocycles. The number of aryl methyl sites for hydroxylation is 2. The molecule has 0 unspecified atom stereocenters. The van der Waals surface area contributed by atoms with Crippen molar-refractivity contribution >= 4 is 6.08 Å². The van der Waals surface area contributed by atoms with Gasteiger partial charge in [0.05, 0.1) is 17.3 Å². The lowest BCUT2D eigenvalue weighted by Crippen LogP contribution is -1.98. The molecule has 4 aromatic rings. The summed E-state index contributed by atoms with van der Waals surface area (Å²) in [5.74, 6) is 0. The van der Waals surface area contributed by atoms with Gasteiger partial charge in [-0.25, -0.2) is 0 Å². The Balaban J connectivity index is 1.68. The van der Waals surface area contributed by atoms with E-state index in [1.807, 2.05) is 36.5 Å². The summed E-state index contributed by atoms with van der Waals surface area (Å²) in [7, 11) is 0. The lowest BCUT2D eigenvalue weighted by atomic mass is 9.93.